The van der Waals surface area contributed by atoms with Crippen molar-refractivity contribution in [2.45, 2.75) is 38.8 Å². The fraction of sp³-hybridized carbons (Fsp3) is 0.212. The van der Waals surface area contributed by atoms with E-state index < -0.39 is 17.7 Å². The maximum absolute atomic E-state index is 13.5. The van der Waals surface area contributed by atoms with Crippen LogP contribution >= 0.6 is 0 Å². The van der Waals surface area contributed by atoms with E-state index in [9.17, 15) is 14.7 Å². The average Bonchev–Trinajstić information content (AvgIpc) is 3.50. The molecular weight excluding hydrogens is 490 g/mol. The van der Waals surface area contributed by atoms with Gasteiger partial charge in [0.1, 0.15) is 5.76 Å². The molecule has 0 bridgehead atoms. The summed E-state index contributed by atoms with van der Waals surface area (Å²) >= 11 is 0. The maximum Gasteiger partial charge on any atom is 0.295 e. The van der Waals surface area contributed by atoms with Crippen molar-refractivity contribution in [3.8, 4) is 11.5 Å². The van der Waals surface area contributed by atoms with Crippen LogP contribution in [0.4, 0.5) is 0 Å². The molecule has 0 aromatic heterocycles. The molecule has 1 saturated heterocycles. The lowest BCUT2D eigenvalue weighted by Crippen LogP contribution is -2.29. The highest BCUT2D eigenvalue weighted by Crippen LogP contribution is 2.42. The third kappa shape index (κ3) is 4.42. The van der Waals surface area contributed by atoms with Gasteiger partial charge in [0, 0.05) is 12.1 Å². The summed E-state index contributed by atoms with van der Waals surface area (Å²) in [7, 11) is 0. The van der Waals surface area contributed by atoms with E-state index in [0.717, 1.165) is 27.5 Å². The highest BCUT2D eigenvalue weighted by molar-refractivity contribution is 6.46. The average molecular weight is 520 g/mol. The van der Waals surface area contributed by atoms with E-state index in [1.54, 1.807) is 12.1 Å². The first kappa shape index (κ1) is 24.7. The molecule has 6 nitrogen and oxygen atoms in total. The summed E-state index contributed by atoms with van der Waals surface area (Å²) in [5, 5.41) is 13.5. The highest BCUT2D eigenvalue weighted by Gasteiger charge is 2.46. The second-order valence-corrected chi connectivity index (χ2v) is 11.0. The number of nitrogens with zero attached hydrogens (tertiary/aromatic N) is 1. The Morgan fingerprint density at radius 3 is 2.33 bits per heavy atom. The molecule has 4 aromatic rings. The molecule has 0 saturated carbocycles. The molecular formula is C33H29NO5. The van der Waals surface area contributed by atoms with Crippen LogP contribution in [0.2, 0.25) is 0 Å². The SMILES string of the molecule is CC(C)(C)c1ccc(C2/C(=C(/O)c3ccc4ccccc4c3)C(=O)C(=O)N2Cc2ccc3c(c2)OCO3)cc1. The first-order valence-corrected chi connectivity index (χ1v) is 13.0. The predicted molar refractivity (Wildman–Crippen MR) is 150 cm³/mol. The van der Waals surface area contributed by atoms with Gasteiger partial charge in [-0.05, 0) is 51.1 Å². The zero-order valence-corrected chi connectivity index (χ0v) is 22.1. The molecule has 6 heteroatoms. The molecule has 39 heavy (non-hydrogen) atoms. The number of aliphatic hydroxyl groups is 1. The molecule has 2 aliphatic heterocycles. The van der Waals surface area contributed by atoms with Crippen molar-refractivity contribution in [3.05, 3.63) is 113 Å². The van der Waals surface area contributed by atoms with Crippen molar-refractivity contribution in [3.63, 3.8) is 0 Å². The summed E-state index contributed by atoms with van der Waals surface area (Å²) < 4.78 is 10.9. The smallest absolute Gasteiger partial charge is 0.295 e. The fourth-order valence-electron chi connectivity index (χ4n) is 5.28. The quantitative estimate of drug-likeness (QED) is 0.190. The molecule has 6 rings (SSSR count). The third-order valence-corrected chi connectivity index (χ3v) is 7.45. The Bertz CT molecular complexity index is 1650. The van der Waals surface area contributed by atoms with Crippen LogP contribution < -0.4 is 9.47 Å². The Hall–Kier alpha value is -4.58. The molecule has 0 radical (unpaired) electrons. The van der Waals surface area contributed by atoms with E-state index >= 15 is 0 Å². The number of benzene rings is 4. The third-order valence-electron chi connectivity index (χ3n) is 7.45. The normalized spacial score (nSPS) is 18.2. The molecule has 4 aromatic carbocycles. The lowest BCUT2D eigenvalue weighted by Gasteiger charge is -2.26. The molecule has 1 amide bonds. The molecule has 2 aliphatic rings. The number of hydrogen-bond acceptors (Lipinski definition) is 5. The van der Waals surface area contributed by atoms with Crippen molar-refractivity contribution in [1.82, 2.24) is 4.90 Å². The van der Waals surface area contributed by atoms with Gasteiger partial charge in [-0.3, -0.25) is 9.59 Å². The molecule has 2 heterocycles. The van der Waals surface area contributed by atoms with Gasteiger partial charge in [0.2, 0.25) is 6.79 Å². The van der Waals surface area contributed by atoms with E-state index in [1.807, 2.05) is 72.8 Å². The van der Waals surface area contributed by atoms with Crippen LogP contribution in [0.25, 0.3) is 16.5 Å². The first-order chi connectivity index (χ1) is 18.7. The molecule has 0 aliphatic carbocycles. The van der Waals surface area contributed by atoms with Crippen molar-refractivity contribution in [2.24, 2.45) is 0 Å². The van der Waals surface area contributed by atoms with Gasteiger partial charge in [0.25, 0.3) is 11.7 Å². The van der Waals surface area contributed by atoms with E-state index in [1.165, 1.54) is 4.90 Å². The number of aliphatic hydroxyl groups excluding tert-OH is 1. The Kier molecular flexibility index (Phi) is 5.91. The van der Waals surface area contributed by atoms with Gasteiger partial charge in [-0.15, -0.1) is 0 Å². The monoisotopic (exact) mass is 519 g/mol. The van der Waals surface area contributed by atoms with Crippen molar-refractivity contribution in [1.29, 1.82) is 0 Å². The largest absolute Gasteiger partial charge is 0.507 e. The zero-order valence-electron chi connectivity index (χ0n) is 22.1. The summed E-state index contributed by atoms with van der Waals surface area (Å²) in [4.78, 5) is 28.5. The second-order valence-electron chi connectivity index (χ2n) is 11.0. The van der Waals surface area contributed by atoms with Gasteiger partial charge in [0.15, 0.2) is 11.5 Å². The van der Waals surface area contributed by atoms with Crippen LogP contribution in [0.3, 0.4) is 0 Å². The summed E-state index contributed by atoms with van der Waals surface area (Å²) in [6.45, 7) is 6.71. The van der Waals surface area contributed by atoms with Crippen LogP contribution in [0, 0.1) is 0 Å². The number of Topliss-reactive ketones (excluding diaryl/α,β-unsaturated/α-hetero) is 1. The highest BCUT2D eigenvalue weighted by atomic mass is 16.7. The maximum atomic E-state index is 13.5. The molecule has 0 spiro atoms. The van der Waals surface area contributed by atoms with Gasteiger partial charge >= 0.3 is 0 Å². The van der Waals surface area contributed by atoms with Crippen LogP contribution in [0.1, 0.15) is 49.1 Å². The molecule has 196 valence electrons. The zero-order chi connectivity index (χ0) is 27.3. The molecule has 1 N–H and O–H groups in total. The minimum atomic E-state index is -0.754. The summed E-state index contributed by atoms with van der Waals surface area (Å²) in [5.74, 6) is -0.291. The van der Waals surface area contributed by atoms with Crippen LogP contribution in [0.15, 0.2) is 90.5 Å². The van der Waals surface area contributed by atoms with E-state index in [-0.39, 0.29) is 30.1 Å². The van der Waals surface area contributed by atoms with Crippen LogP contribution in [0.5, 0.6) is 11.5 Å². The number of likely N-dealkylation sites (tertiary alicyclic amines) is 1. The van der Waals surface area contributed by atoms with E-state index in [4.69, 9.17) is 9.47 Å². The molecule has 1 fully saturated rings. The minimum absolute atomic E-state index is 0.0576. The predicted octanol–water partition coefficient (Wildman–Crippen LogP) is 6.49. The number of ketones is 1. The number of ether oxygens (including phenoxy) is 2. The topological polar surface area (TPSA) is 76.1 Å². The Balaban J connectivity index is 1.47. The van der Waals surface area contributed by atoms with Crippen molar-refractivity contribution in [2.75, 3.05) is 6.79 Å². The number of hydrogen-bond donors (Lipinski definition) is 1. The second kappa shape index (κ2) is 9.31. The summed E-state index contributed by atoms with van der Waals surface area (Å²) in [6, 6.07) is 26.0. The van der Waals surface area contributed by atoms with Gasteiger partial charge in [-0.25, -0.2) is 0 Å². The summed E-state index contributed by atoms with van der Waals surface area (Å²) in [6.07, 6.45) is 0. The van der Waals surface area contributed by atoms with Gasteiger partial charge in [-0.2, -0.15) is 0 Å². The fourth-order valence-corrected chi connectivity index (χ4v) is 5.28. The molecule has 1 unspecified atom stereocenters. The lowest BCUT2D eigenvalue weighted by molar-refractivity contribution is -0.140. The van der Waals surface area contributed by atoms with Gasteiger partial charge in [-0.1, -0.05) is 87.5 Å². The Labute approximate surface area is 227 Å². The number of carbonyl (C=O) groups excluding carboxylic acids is 2. The van der Waals surface area contributed by atoms with Gasteiger partial charge in [0.05, 0.1) is 11.6 Å². The summed E-state index contributed by atoms with van der Waals surface area (Å²) in [5.41, 5.74) is 3.20. The van der Waals surface area contributed by atoms with Crippen LogP contribution in [-0.4, -0.2) is 28.5 Å². The van der Waals surface area contributed by atoms with E-state index in [2.05, 4.69) is 20.8 Å². The van der Waals surface area contributed by atoms with Gasteiger partial charge < -0.3 is 19.5 Å². The Morgan fingerprint density at radius 1 is 0.872 bits per heavy atom. The van der Waals surface area contributed by atoms with E-state index in [0.29, 0.717) is 17.1 Å². The lowest BCUT2D eigenvalue weighted by atomic mass is 9.85. The van der Waals surface area contributed by atoms with Crippen molar-refractivity contribution >= 4 is 28.2 Å². The number of rotatable bonds is 4. The van der Waals surface area contributed by atoms with Crippen molar-refractivity contribution < 1.29 is 24.2 Å². The number of amides is 1. The van der Waals surface area contributed by atoms with Crippen LogP contribution in [-0.2, 0) is 21.5 Å². The standard InChI is InChI=1S/C33H29NO5/c1-33(2,3)25-13-11-22(12-14-25)29-28(30(35)24-10-9-21-6-4-5-7-23(21)17-24)31(36)32(37)34(29)18-20-8-15-26-27(16-20)39-19-38-26/h4-17,29,35H,18-19H2,1-3H3/b30-28-. The minimum Gasteiger partial charge on any atom is -0.507 e. The number of fused-ring (bicyclic) bond motifs is 2. The molecule has 1 atom stereocenters. The first-order valence-electron chi connectivity index (χ1n) is 13.0. The Morgan fingerprint density at radius 2 is 1.59 bits per heavy atom. The number of carbonyl (C=O) groups is 2.